The smallest absolute Gasteiger partial charge is 0.237 e. The highest BCUT2D eigenvalue weighted by Crippen LogP contribution is 2.28. The van der Waals surface area contributed by atoms with Crippen LogP contribution in [0.25, 0.3) is 22.3 Å². The molecular weight excluding hydrogens is 510 g/mol. The Morgan fingerprint density at radius 2 is 1.89 bits per heavy atom. The van der Waals surface area contributed by atoms with Crippen LogP contribution in [0.4, 0.5) is 20.4 Å². The van der Waals surface area contributed by atoms with E-state index in [-0.39, 0.29) is 17.5 Å². The van der Waals surface area contributed by atoms with Crippen molar-refractivity contribution in [2.45, 2.75) is 37.7 Å². The molecule has 2 aromatic carbocycles. The molecule has 0 amide bonds. The lowest BCUT2D eigenvalue weighted by Gasteiger charge is -2.26. The Labute approximate surface area is 220 Å². The SMILES string of the molecule is CCc1cc(-c2ccc(NS(=O)(=O)Cc3ccccc3)c(F)c2)nc2cnc(N[C@@H]3CNC[C@@H](F)C3)nc12. The fourth-order valence-electron chi connectivity index (χ4n) is 4.51. The van der Waals surface area contributed by atoms with Crippen molar-refractivity contribution in [3.8, 4) is 11.3 Å². The first-order valence-electron chi connectivity index (χ1n) is 12.4. The van der Waals surface area contributed by atoms with E-state index < -0.39 is 22.0 Å². The summed E-state index contributed by atoms with van der Waals surface area (Å²) in [5.41, 5.74) is 3.60. The van der Waals surface area contributed by atoms with E-state index in [0.717, 1.165) is 5.56 Å². The van der Waals surface area contributed by atoms with Gasteiger partial charge in [-0.1, -0.05) is 43.3 Å². The number of halogens is 2. The van der Waals surface area contributed by atoms with Gasteiger partial charge in [-0.2, -0.15) is 0 Å². The van der Waals surface area contributed by atoms with Gasteiger partial charge in [0.25, 0.3) is 0 Å². The van der Waals surface area contributed by atoms with Crippen LogP contribution >= 0.6 is 0 Å². The van der Waals surface area contributed by atoms with Gasteiger partial charge in [-0.3, -0.25) is 4.72 Å². The van der Waals surface area contributed by atoms with E-state index in [1.54, 1.807) is 42.6 Å². The molecule has 2 atom stereocenters. The number of nitrogens with zero attached hydrogens (tertiary/aromatic N) is 3. The van der Waals surface area contributed by atoms with Crippen LogP contribution in [0.3, 0.4) is 0 Å². The number of sulfonamides is 1. The zero-order valence-electron chi connectivity index (χ0n) is 20.8. The van der Waals surface area contributed by atoms with E-state index in [1.165, 1.54) is 12.1 Å². The molecule has 11 heteroatoms. The van der Waals surface area contributed by atoms with Gasteiger partial charge < -0.3 is 10.6 Å². The molecule has 8 nitrogen and oxygen atoms in total. The second kappa shape index (κ2) is 11.0. The molecule has 1 aliphatic heterocycles. The number of aromatic nitrogens is 3. The number of piperidine rings is 1. The maximum atomic E-state index is 15.0. The first kappa shape index (κ1) is 25.9. The number of hydrogen-bond donors (Lipinski definition) is 3. The summed E-state index contributed by atoms with van der Waals surface area (Å²) in [6, 6.07) is 14.7. The summed E-state index contributed by atoms with van der Waals surface area (Å²) in [6.07, 6.45) is 1.72. The Morgan fingerprint density at radius 1 is 1.08 bits per heavy atom. The van der Waals surface area contributed by atoms with E-state index in [2.05, 4.69) is 30.3 Å². The van der Waals surface area contributed by atoms with Crippen LogP contribution in [0.5, 0.6) is 0 Å². The monoisotopic (exact) mass is 538 g/mol. The van der Waals surface area contributed by atoms with Crippen molar-refractivity contribution in [2.24, 2.45) is 0 Å². The highest BCUT2D eigenvalue weighted by Gasteiger charge is 2.22. The highest BCUT2D eigenvalue weighted by atomic mass is 32.2. The molecule has 2 aromatic heterocycles. The summed E-state index contributed by atoms with van der Waals surface area (Å²) >= 11 is 0. The lowest BCUT2D eigenvalue weighted by atomic mass is 10.1. The van der Waals surface area contributed by atoms with Gasteiger partial charge >= 0.3 is 0 Å². The van der Waals surface area contributed by atoms with E-state index in [9.17, 15) is 17.2 Å². The summed E-state index contributed by atoms with van der Waals surface area (Å²) < 4.78 is 56.1. The number of benzene rings is 2. The van der Waals surface area contributed by atoms with Gasteiger partial charge in [0.2, 0.25) is 16.0 Å². The van der Waals surface area contributed by atoms with Crippen LogP contribution in [0, 0.1) is 5.82 Å². The summed E-state index contributed by atoms with van der Waals surface area (Å²) in [5, 5.41) is 6.24. The van der Waals surface area contributed by atoms with Crippen molar-refractivity contribution in [2.75, 3.05) is 23.1 Å². The minimum absolute atomic E-state index is 0.111. The molecule has 3 heterocycles. The summed E-state index contributed by atoms with van der Waals surface area (Å²) in [4.78, 5) is 13.6. The number of alkyl halides is 1. The summed E-state index contributed by atoms with van der Waals surface area (Å²) in [7, 11) is -3.80. The van der Waals surface area contributed by atoms with Crippen molar-refractivity contribution >= 4 is 32.7 Å². The fraction of sp³-hybridized carbons (Fsp3) is 0.296. The molecule has 0 aliphatic carbocycles. The van der Waals surface area contributed by atoms with Crippen LogP contribution < -0.4 is 15.4 Å². The van der Waals surface area contributed by atoms with E-state index in [4.69, 9.17) is 0 Å². The predicted octanol–water partition coefficient (Wildman–Crippen LogP) is 4.45. The fourth-order valence-corrected chi connectivity index (χ4v) is 5.72. The molecule has 0 radical (unpaired) electrons. The third-order valence-electron chi connectivity index (χ3n) is 6.37. The number of rotatable bonds is 8. The molecule has 5 rings (SSSR count). The quantitative estimate of drug-likeness (QED) is 0.304. The van der Waals surface area contributed by atoms with Crippen LogP contribution in [-0.4, -0.2) is 48.7 Å². The maximum absolute atomic E-state index is 15.0. The van der Waals surface area contributed by atoms with Crippen LogP contribution in [0.1, 0.15) is 24.5 Å². The summed E-state index contributed by atoms with van der Waals surface area (Å²) in [5.74, 6) is -0.563. The lowest BCUT2D eigenvalue weighted by molar-refractivity contribution is 0.254. The topological polar surface area (TPSA) is 109 Å². The predicted molar refractivity (Wildman–Crippen MR) is 145 cm³/mol. The van der Waals surface area contributed by atoms with Crippen molar-refractivity contribution in [3.05, 3.63) is 77.7 Å². The number of nitrogens with one attached hydrogen (secondary N) is 3. The number of aryl methyl sites for hydroxylation is 1. The standard InChI is InChI=1S/C27H28F2N6O2S/c1-2-18-11-24(33-25-15-31-27(34-26(18)25)32-21-12-20(28)13-30-14-21)19-8-9-23(22(29)10-19)35-38(36,37)16-17-6-4-3-5-7-17/h3-11,15,20-21,30,35H,2,12-14,16H2,1H3,(H,31,32,34)/t20-,21-/m0/s1. The van der Waals surface area contributed by atoms with Gasteiger partial charge in [0.05, 0.1) is 28.8 Å². The Balaban J connectivity index is 1.37. The zero-order valence-corrected chi connectivity index (χ0v) is 21.6. The Hall–Kier alpha value is -3.70. The van der Waals surface area contributed by atoms with E-state index in [0.29, 0.717) is 59.7 Å². The molecule has 0 spiro atoms. The molecule has 0 unspecified atom stereocenters. The first-order chi connectivity index (χ1) is 18.3. The second-order valence-corrected chi connectivity index (χ2v) is 11.0. The third kappa shape index (κ3) is 6.05. The van der Waals surface area contributed by atoms with Crippen molar-refractivity contribution < 1.29 is 17.2 Å². The van der Waals surface area contributed by atoms with Gasteiger partial charge in [0, 0.05) is 31.1 Å². The van der Waals surface area contributed by atoms with Gasteiger partial charge in [0.15, 0.2) is 0 Å². The van der Waals surface area contributed by atoms with E-state index >= 15 is 0 Å². The molecule has 4 aromatic rings. The molecule has 1 saturated heterocycles. The van der Waals surface area contributed by atoms with Crippen molar-refractivity contribution in [1.29, 1.82) is 0 Å². The highest BCUT2D eigenvalue weighted by molar-refractivity contribution is 7.91. The molecule has 0 bridgehead atoms. The Morgan fingerprint density at radius 3 is 2.63 bits per heavy atom. The zero-order chi connectivity index (χ0) is 26.7. The second-order valence-electron chi connectivity index (χ2n) is 9.32. The van der Waals surface area contributed by atoms with Crippen molar-refractivity contribution in [1.82, 2.24) is 20.3 Å². The molecule has 1 fully saturated rings. The summed E-state index contributed by atoms with van der Waals surface area (Å²) in [6.45, 7) is 2.96. The minimum Gasteiger partial charge on any atom is -0.350 e. The van der Waals surface area contributed by atoms with Gasteiger partial charge in [-0.05, 0) is 35.7 Å². The molecule has 0 saturated carbocycles. The molecule has 38 heavy (non-hydrogen) atoms. The van der Waals surface area contributed by atoms with Gasteiger partial charge in [-0.25, -0.2) is 32.2 Å². The van der Waals surface area contributed by atoms with E-state index in [1.807, 2.05) is 13.0 Å². The number of anilines is 2. The molecule has 1 aliphatic rings. The average Bonchev–Trinajstić information content (AvgIpc) is 2.89. The lowest BCUT2D eigenvalue weighted by Crippen LogP contribution is -2.44. The molecule has 3 N–H and O–H groups in total. The number of fused-ring (bicyclic) bond motifs is 1. The molecular formula is C27H28F2N6O2S. The van der Waals surface area contributed by atoms with Crippen LogP contribution in [0.2, 0.25) is 0 Å². The first-order valence-corrected chi connectivity index (χ1v) is 14.1. The number of hydrogen-bond acceptors (Lipinski definition) is 7. The Bertz CT molecular complexity index is 1550. The van der Waals surface area contributed by atoms with Crippen LogP contribution in [0.15, 0.2) is 60.8 Å². The van der Waals surface area contributed by atoms with Gasteiger partial charge in [0.1, 0.15) is 17.5 Å². The third-order valence-corrected chi connectivity index (χ3v) is 7.61. The average molecular weight is 539 g/mol. The Kier molecular flexibility index (Phi) is 7.48. The normalized spacial score (nSPS) is 17.9. The van der Waals surface area contributed by atoms with Gasteiger partial charge in [-0.15, -0.1) is 0 Å². The minimum atomic E-state index is -3.80. The molecule has 198 valence electrons. The number of pyridine rings is 1. The van der Waals surface area contributed by atoms with Crippen molar-refractivity contribution in [3.63, 3.8) is 0 Å². The maximum Gasteiger partial charge on any atom is 0.237 e. The van der Waals surface area contributed by atoms with Crippen LogP contribution in [-0.2, 0) is 22.2 Å². The largest absolute Gasteiger partial charge is 0.350 e.